The minimum absolute atomic E-state index is 0.0114. The summed E-state index contributed by atoms with van der Waals surface area (Å²) in [6, 6.07) is 7.18. The molecule has 0 spiro atoms. The smallest absolute Gasteiger partial charge is 0.241 e. The lowest BCUT2D eigenvalue weighted by molar-refractivity contribution is 0.259. The molecule has 0 amide bonds. The van der Waals surface area contributed by atoms with Gasteiger partial charge in [0.25, 0.3) is 0 Å². The summed E-state index contributed by atoms with van der Waals surface area (Å²) in [5.41, 5.74) is 1.65. The second-order valence-corrected chi connectivity index (χ2v) is 13.2. The van der Waals surface area contributed by atoms with Crippen LogP contribution in [0.15, 0.2) is 28.6 Å². The standard InChI is InChI=1S/C21H34N6O4S2/c1-14(2)11-18(13-28)22-20-23-19(24-21(25-20)27-33(6,30)31)12-15(3)16-7-9-17(10-8-16)26-32(4,5)29/h7-10,14-15,18,28H,11-13H2,1-6H3,(H2,22,23,24,25,27)/t15?,18-/m1/s1. The normalized spacial score (nSPS) is 14.1. The molecule has 0 saturated carbocycles. The third kappa shape index (κ3) is 10.0. The van der Waals surface area contributed by atoms with Crippen LogP contribution in [0.2, 0.25) is 0 Å². The van der Waals surface area contributed by atoms with E-state index < -0.39 is 19.8 Å². The first-order valence-electron chi connectivity index (χ1n) is 10.6. The average molecular weight is 499 g/mol. The summed E-state index contributed by atoms with van der Waals surface area (Å²) in [7, 11) is -5.81. The van der Waals surface area contributed by atoms with Crippen molar-refractivity contribution >= 4 is 37.3 Å². The zero-order chi connectivity index (χ0) is 24.8. The van der Waals surface area contributed by atoms with Gasteiger partial charge in [0.2, 0.25) is 21.9 Å². The number of aliphatic hydroxyl groups is 1. The van der Waals surface area contributed by atoms with Crippen LogP contribution in [0.1, 0.15) is 44.5 Å². The van der Waals surface area contributed by atoms with E-state index in [1.807, 2.05) is 45.0 Å². The van der Waals surface area contributed by atoms with E-state index in [-0.39, 0.29) is 30.5 Å². The van der Waals surface area contributed by atoms with Crippen LogP contribution in [0.4, 0.5) is 17.6 Å². The van der Waals surface area contributed by atoms with Crippen LogP contribution in [0.25, 0.3) is 0 Å². The van der Waals surface area contributed by atoms with Crippen molar-refractivity contribution in [2.75, 3.05) is 35.4 Å². The molecule has 0 radical (unpaired) electrons. The zero-order valence-electron chi connectivity index (χ0n) is 19.9. The lowest BCUT2D eigenvalue weighted by Gasteiger charge is -2.19. The minimum Gasteiger partial charge on any atom is -0.394 e. The maximum atomic E-state index is 11.9. The van der Waals surface area contributed by atoms with Crippen LogP contribution in [-0.4, -0.2) is 64.1 Å². The third-order valence-electron chi connectivity index (χ3n) is 4.54. The Morgan fingerprint density at radius 2 is 1.58 bits per heavy atom. The summed E-state index contributed by atoms with van der Waals surface area (Å²) in [6.07, 6.45) is 5.32. The Bertz CT molecular complexity index is 1150. The van der Waals surface area contributed by atoms with Crippen LogP contribution >= 0.6 is 0 Å². The number of hydrogen-bond acceptors (Lipinski definition) is 9. The Labute approximate surface area is 196 Å². The van der Waals surface area contributed by atoms with Crippen LogP contribution < -0.4 is 10.0 Å². The molecule has 33 heavy (non-hydrogen) atoms. The molecule has 0 aliphatic heterocycles. The first-order chi connectivity index (χ1) is 15.2. The molecule has 3 N–H and O–H groups in total. The van der Waals surface area contributed by atoms with Crippen molar-refractivity contribution in [1.82, 2.24) is 15.0 Å². The molecule has 0 saturated heterocycles. The lowest BCUT2D eigenvalue weighted by atomic mass is 9.97. The van der Waals surface area contributed by atoms with Crippen LogP contribution in [0.5, 0.6) is 0 Å². The van der Waals surface area contributed by atoms with Gasteiger partial charge >= 0.3 is 0 Å². The van der Waals surface area contributed by atoms with Crippen molar-refractivity contribution < 1.29 is 17.7 Å². The van der Waals surface area contributed by atoms with Crippen molar-refractivity contribution in [2.45, 2.75) is 45.6 Å². The lowest BCUT2D eigenvalue weighted by Crippen LogP contribution is -2.27. The van der Waals surface area contributed by atoms with Gasteiger partial charge in [0.05, 0.1) is 24.6 Å². The number of nitrogens with zero attached hydrogens (tertiary/aromatic N) is 4. The SMILES string of the molecule is CC(C)C[C@H](CO)Nc1nc(CC(C)c2ccc(N=S(C)(C)=O)cc2)nc(NS(C)(=O)=O)n1. The quantitative estimate of drug-likeness (QED) is 0.428. The predicted octanol–water partition coefficient (Wildman–Crippen LogP) is 2.77. The number of aromatic nitrogens is 3. The van der Waals surface area contributed by atoms with Gasteiger partial charge in [0, 0.05) is 28.7 Å². The molecule has 0 aliphatic rings. The molecule has 2 aromatic rings. The average Bonchev–Trinajstić information content (AvgIpc) is 2.64. The molecular weight excluding hydrogens is 464 g/mol. The van der Waals surface area contributed by atoms with Gasteiger partial charge in [-0.3, -0.25) is 4.72 Å². The van der Waals surface area contributed by atoms with Crippen molar-refractivity contribution in [3.8, 4) is 0 Å². The highest BCUT2D eigenvalue weighted by molar-refractivity contribution is 7.92. The molecule has 1 aromatic heterocycles. The number of nitrogens with one attached hydrogen (secondary N) is 2. The highest BCUT2D eigenvalue weighted by Crippen LogP contribution is 2.23. The molecule has 1 unspecified atom stereocenters. The Hall–Kier alpha value is -2.31. The van der Waals surface area contributed by atoms with E-state index in [4.69, 9.17) is 0 Å². The summed E-state index contributed by atoms with van der Waals surface area (Å²) in [5.74, 6) is 0.887. The molecule has 10 nitrogen and oxygen atoms in total. The van der Waals surface area contributed by atoms with Crippen molar-refractivity contribution in [3.63, 3.8) is 0 Å². The van der Waals surface area contributed by atoms with Gasteiger partial charge in [0.15, 0.2) is 0 Å². The van der Waals surface area contributed by atoms with E-state index in [0.717, 1.165) is 11.8 Å². The van der Waals surface area contributed by atoms with Gasteiger partial charge in [-0.2, -0.15) is 19.3 Å². The number of sulfonamides is 1. The monoisotopic (exact) mass is 498 g/mol. The van der Waals surface area contributed by atoms with Gasteiger partial charge in [-0.25, -0.2) is 12.6 Å². The summed E-state index contributed by atoms with van der Waals surface area (Å²) < 4.78 is 41.8. The highest BCUT2D eigenvalue weighted by Gasteiger charge is 2.17. The molecule has 0 fully saturated rings. The molecule has 2 atom stereocenters. The zero-order valence-corrected chi connectivity index (χ0v) is 21.6. The number of aliphatic hydroxyl groups excluding tert-OH is 1. The largest absolute Gasteiger partial charge is 0.394 e. The van der Waals surface area contributed by atoms with Crippen molar-refractivity contribution in [1.29, 1.82) is 0 Å². The van der Waals surface area contributed by atoms with E-state index in [1.54, 1.807) is 12.5 Å². The van der Waals surface area contributed by atoms with Crippen LogP contribution in [-0.2, 0) is 26.2 Å². The molecule has 0 aliphatic carbocycles. The maximum absolute atomic E-state index is 11.9. The Morgan fingerprint density at radius 1 is 0.970 bits per heavy atom. The summed E-state index contributed by atoms with van der Waals surface area (Å²) >= 11 is 0. The molecule has 1 heterocycles. The maximum Gasteiger partial charge on any atom is 0.241 e. The molecule has 12 heteroatoms. The summed E-state index contributed by atoms with van der Waals surface area (Å²) in [5, 5.41) is 12.8. The molecule has 0 bridgehead atoms. The van der Waals surface area contributed by atoms with Gasteiger partial charge in [0.1, 0.15) is 5.82 Å². The fourth-order valence-corrected chi connectivity index (χ4v) is 4.28. The molecule has 184 valence electrons. The Balaban J connectivity index is 2.29. The second-order valence-electron chi connectivity index (χ2n) is 8.90. The molecule has 1 aromatic carbocycles. The first kappa shape index (κ1) is 26.9. The Morgan fingerprint density at radius 3 is 2.09 bits per heavy atom. The highest BCUT2D eigenvalue weighted by atomic mass is 32.2. The van der Waals surface area contributed by atoms with Crippen LogP contribution in [0.3, 0.4) is 0 Å². The topological polar surface area (TPSA) is 147 Å². The van der Waals surface area contributed by atoms with Gasteiger partial charge in [-0.15, -0.1) is 0 Å². The third-order valence-corrected chi connectivity index (χ3v) is 5.75. The van der Waals surface area contributed by atoms with Gasteiger partial charge in [-0.05, 0) is 36.0 Å². The minimum atomic E-state index is -3.58. The molecule has 2 rings (SSSR count). The fourth-order valence-electron chi connectivity index (χ4n) is 3.23. The Kier molecular flexibility index (Phi) is 9.15. The van der Waals surface area contributed by atoms with E-state index >= 15 is 0 Å². The number of anilines is 2. The van der Waals surface area contributed by atoms with Crippen molar-refractivity contribution in [2.24, 2.45) is 10.3 Å². The molecular formula is C21H34N6O4S2. The van der Waals surface area contributed by atoms with E-state index in [2.05, 4.69) is 29.4 Å². The summed E-state index contributed by atoms with van der Waals surface area (Å²) in [4.78, 5) is 12.9. The second kappa shape index (κ2) is 11.2. The van der Waals surface area contributed by atoms with E-state index in [0.29, 0.717) is 30.3 Å². The summed E-state index contributed by atoms with van der Waals surface area (Å²) in [6.45, 7) is 5.98. The van der Waals surface area contributed by atoms with Gasteiger partial charge < -0.3 is 10.4 Å². The van der Waals surface area contributed by atoms with Crippen LogP contribution in [0, 0.1) is 5.92 Å². The van der Waals surface area contributed by atoms with Gasteiger partial charge in [-0.1, -0.05) is 32.9 Å². The van der Waals surface area contributed by atoms with Crippen molar-refractivity contribution in [3.05, 3.63) is 35.7 Å². The predicted molar refractivity (Wildman–Crippen MR) is 133 cm³/mol. The number of hydrogen-bond donors (Lipinski definition) is 3. The van der Waals surface area contributed by atoms with E-state index in [9.17, 15) is 17.7 Å². The number of benzene rings is 1. The number of rotatable bonds is 11. The fraction of sp³-hybridized carbons (Fsp3) is 0.571. The van der Waals surface area contributed by atoms with E-state index in [1.165, 1.54) is 0 Å². The first-order valence-corrected chi connectivity index (χ1v) is 14.8.